The van der Waals surface area contributed by atoms with Crippen LogP contribution in [0.15, 0.2) is 0 Å². The van der Waals surface area contributed by atoms with Crippen LogP contribution in [0.3, 0.4) is 0 Å². The third kappa shape index (κ3) is 4.81. The summed E-state index contributed by atoms with van der Waals surface area (Å²) in [6.07, 6.45) is 5.46. The fraction of sp³-hybridized carbons (Fsp3) is 1.00. The molecule has 1 N–H and O–H groups in total. The second-order valence-corrected chi connectivity index (χ2v) is 5.36. The summed E-state index contributed by atoms with van der Waals surface area (Å²) < 4.78 is 0. The molecule has 1 fully saturated rings. The predicted molar refractivity (Wildman–Crippen MR) is 70.9 cm³/mol. The van der Waals surface area contributed by atoms with Crippen molar-refractivity contribution in [2.75, 3.05) is 40.8 Å². The first-order chi connectivity index (χ1) is 7.63. The molecule has 3 nitrogen and oxygen atoms in total. The van der Waals surface area contributed by atoms with Gasteiger partial charge in [0.1, 0.15) is 0 Å². The van der Waals surface area contributed by atoms with Crippen LogP contribution in [-0.2, 0) is 0 Å². The molecule has 0 radical (unpaired) electrons. The summed E-state index contributed by atoms with van der Waals surface area (Å²) in [5.74, 6) is 0. The van der Waals surface area contributed by atoms with E-state index in [1.54, 1.807) is 0 Å². The van der Waals surface area contributed by atoms with Gasteiger partial charge in [-0.2, -0.15) is 0 Å². The number of hydrogen-bond donors (Lipinski definition) is 1. The molecule has 1 saturated carbocycles. The van der Waals surface area contributed by atoms with Crippen molar-refractivity contribution >= 4 is 0 Å². The predicted octanol–water partition coefficient (Wildman–Crippen LogP) is 1.40. The summed E-state index contributed by atoms with van der Waals surface area (Å²) in [5, 5.41) is 3.60. The molecule has 0 heterocycles. The Kier molecular flexibility index (Phi) is 6.32. The molecule has 1 rings (SSSR count). The minimum Gasteiger partial charge on any atom is -0.314 e. The van der Waals surface area contributed by atoms with E-state index in [2.05, 4.69) is 43.2 Å². The molecule has 2 atom stereocenters. The first kappa shape index (κ1) is 13.9. The van der Waals surface area contributed by atoms with Crippen LogP contribution in [0.5, 0.6) is 0 Å². The fourth-order valence-corrected chi connectivity index (χ4v) is 2.58. The van der Waals surface area contributed by atoms with Crippen molar-refractivity contribution in [3.63, 3.8) is 0 Å². The Hall–Kier alpha value is -0.120. The van der Waals surface area contributed by atoms with E-state index in [1.807, 2.05) is 0 Å². The van der Waals surface area contributed by atoms with Gasteiger partial charge in [-0.05, 0) is 47.0 Å². The largest absolute Gasteiger partial charge is 0.314 e. The SMILES string of the molecule is CCNC1CCCC(N(C)CCN(C)C)C1. The highest BCUT2D eigenvalue weighted by atomic mass is 15.2. The average molecular weight is 227 g/mol. The van der Waals surface area contributed by atoms with Gasteiger partial charge in [0.15, 0.2) is 0 Å². The number of nitrogens with one attached hydrogen (secondary N) is 1. The first-order valence-corrected chi connectivity index (χ1v) is 6.71. The summed E-state index contributed by atoms with van der Waals surface area (Å²) in [6, 6.07) is 1.54. The van der Waals surface area contributed by atoms with E-state index in [4.69, 9.17) is 0 Å². The highest BCUT2D eigenvalue weighted by Crippen LogP contribution is 2.22. The molecule has 0 aromatic rings. The fourth-order valence-electron chi connectivity index (χ4n) is 2.58. The van der Waals surface area contributed by atoms with Gasteiger partial charge in [-0.15, -0.1) is 0 Å². The van der Waals surface area contributed by atoms with E-state index >= 15 is 0 Å². The Labute approximate surface area is 101 Å². The zero-order valence-corrected chi connectivity index (χ0v) is 11.5. The van der Waals surface area contributed by atoms with Gasteiger partial charge >= 0.3 is 0 Å². The van der Waals surface area contributed by atoms with Crippen LogP contribution in [0, 0.1) is 0 Å². The average Bonchev–Trinajstić information content (AvgIpc) is 2.26. The molecule has 1 aliphatic rings. The summed E-state index contributed by atoms with van der Waals surface area (Å²) >= 11 is 0. The van der Waals surface area contributed by atoms with Crippen LogP contribution in [-0.4, -0.2) is 62.7 Å². The lowest BCUT2D eigenvalue weighted by molar-refractivity contribution is 0.158. The minimum atomic E-state index is 0.755. The van der Waals surface area contributed by atoms with Crippen LogP contribution in [0.4, 0.5) is 0 Å². The Morgan fingerprint density at radius 3 is 2.50 bits per heavy atom. The Morgan fingerprint density at radius 2 is 1.88 bits per heavy atom. The monoisotopic (exact) mass is 227 g/mol. The van der Waals surface area contributed by atoms with E-state index in [1.165, 1.54) is 38.8 Å². The molecule has 0 bridgehead atoms. The molecule has 0 spiro atoms. The second kappa shape index (κ2) is 7.25. The maximum absolute atomic E-state index is 3.60. The maximum Gasteiger partial charge on any atom is 0.0109 e. The van der Waals surface area contributed by atoms with Gasteiger partial charge in [0.2, 0.25) is 0 Å². The zero-order chi connectivity index (χ0) is 12.0. The Balaban J connectivity index is 2.28. The minimum absolute atomic E-state index is 0.755. The second-order valence-electron chi connectivity index (χ2n) is 5.36. The molecular weight excluding hydrogens is 198 g/mol. The third-order valence-electron chi connectivity index (χ3n) is 3.66. The van der Waals surface area contributed by atoms with Gasteiger partial charge in [0.25, 0.3) is 0 Å². The van der Waals surface area contributed by atoms with Crippen LogP contribution in [0.25, 0.3) is 0 Å². The summed E-state index contributed by atoms with van der Waals surface area (Å²) in [5.41, 5.74) is 0. The number of nitrogens with zero attached hydrogens (tertiary/aromatic N) is 2. The molecule has 16 heavy (non-hydrogen) atoms. The summed E-state index contributed by atoms with van der Waals surface area (Å²) in [6.45, 7) is 5.67. The van der Waals surface area contributed by atoms with Gasteiger partial charge in [-0.25, -0.2) is 0 Å². The molecule has 2 unspecified atom stereocenters. The van der Waals surface area contributed by atoms with Crippen molar-refractivity contribution in [2.24, 2.45) is 0 Å². The van der Waals surface area contributed by atoms with E-state index in [9.17, 15) is 0 Å². The van der Waals surface area contributed by atoms with Crippen molar-refractivity contribution in [1.29, 1.82) is 0 Å². The molecule has 3 heteroatoms. The molecule has 0 saturated heterocycles. The van der Waals surface area contributed by atoms with Crippen LogP contribution >= 0.6 is 0 Å². The van der Waals surface area contributed by atoms with Crippen molar-refractivity contribution < 1.29 is 0 Å². The summed E-state index contributed by atoms with van der Waals surface area (Å²) in [4.78, 5) is 4.81. The highest BCUT2D eigenvalue weighted by Gasteiger charge is 2.23. The molecule has 0 aromatic heterocycles. The maximum atomic E-state index is 3.60. The Bertz CT molecular complexity index is 180. The van der Waals surface area contributed by atoms with Crippen LogP contribution in [0.1, 0.15) is 32.6 Å². The number of rotatable bonds is 6. The number of likely N-dealkylation sites (N-methyl/N-ethyl adjacent to an activating group) is 2. The molecule has 1 aliphatic carbocycles. The van der Waals surface area contributed by atoms with Crippen LogP contribution < -0.4 is 5.32 Å². The van der Waals surface area contributed by atoms with E-state index in [0.717, 1.165) is 18.6 Å². The van der Waals surface area contributed by atoms with E-state index in [-0.39, 0.29) is 0 Å². The van der Waals surface area contributed by atoms with Crippen molar-refractivity contribution in [1.82, 2.24) is 15.1 Å². The van der Waals surface area contributed by atoms with Gasteiger partial charge < -0.3 is 15.1 Å². The quantitative estimate of drug-likeness (QED) is 0.740. The topological polar surface area (TPSA) is 18.5 Å². The van der Waals surface area contributed by atoms with E-state index < -0.39 is 0 Å². The van der Waals surface area contributed by atoms with Crippen molar-refractivity contribution in [3.8, 4) is 0 Å². The standard InChI is InChI=1S/C13H29N3/c1-5-14-12-7-6-8-13(11-12)16(4)10-9-15(2)3/h12-14H,5-11H2,1-4H3. The van der Waals surface area contributed by atoms with E-state index in [0.29, 0.717) is 0 Å². The zero-order valence-electron chi connectivity index (χ0n) is 11.5. The molecule has 0 aromatic carbocycles. The normalized spacial score (nSPS) is 26.6. The highest BCUT2D eigenvalue weighted by molar-refractivity contribution is 4.82. The molecular formula is C13H29N3. The van der Waals surface area contributed by atoms with Gasteiger partial charge in [-0.1, -0.05) is 13.3 Å². The lowest BCUT2D eigenvalue weighted by atomic mass is 9.90. The molecule has 0 aliphatic heterocycles. The molecule has 96 valence electrons. The third-order valence-corrected chi connectivity index (χ3v) is 3.66. The van der Waals surface area contributed by atoms with Crippen molar-refractivity contribution in [2.45, 2.75) is 44.7 Å². The summed E-state index contributed by atoms with van der Waals surface area (Å²) in [7, 11) is 6.58. The van der Waals surface area contributed by atoms with Crippen LogP contribution in [0.2, 0.25) is 0 Å². The Morgan fingerprint density at radius 1 is 1.12 bits per heavy atom. The van der Waals surface area contributed by atoms with Crippen molar-refractivity contribution in [3.05, 3.63) is 0 Å². The van der Waals surface area contributed by atoms with Gasteiger partial charge in [0.05, 0.1) is 0 Å². The lowest BCUT2D eigenvalue weighted by Gasteiger charge is -2.36. The smallest absolute Gasteiger partial charge is 0.0109 e. The number of hydrogen-bond acceptors (Lipinski definition) is 3. The molecule has 0 amide bonds. The van der Waals surface area contributed by atoms with Gasteiger partial charge in [-0.3, -0.25) is 0 Å². The lowest BCUT2D eigenvalue weighted by Crippen LogP contribution is -2.44. The van der Waals surface area contributed by atoms with Gasteiger partial charge in [0, 0.05) is 25.2 Å². The first-order valence-electron chi connectivity index (χ1n) is 6.71.